The van der Waals surface area contributed by atoms with Gasteiger partial charge in [-0.1, -0.05) is 119 Å². The Morgan fingerprint density at radius 1 is 0.840 bits per heavy atom. The number of fused-ring (bicyclic) bond motifs is 3. The molecule has 0 fully saturated rings. The van der Waals surface area contributed by atoms with Crippen molar-refractivity contribution in [2.24, 2.45) is 11.3 Å². The van der Waals surface area contributed by atoms with E-state index in [0.717, 1.165) is 34.1 Å². The second kappa shape index (κ2) is 16.6. The van der Waals surface area contributed by atoms with Gasteiger partial charge in [0.1, 0.15) is 30.6 Å². The van der Waals surface area contributed by atoms with Gasteiger partial charge in [0, 0.05) is 29.9 Å². The van der Waals surface area contributed by atoms with E-state index in [2.05, 4.69) is 17.4 Å². The Hall–Kier alpha value is -4.98. The second-order valence-electron chi connectivity index (χ2n) is 14.9. The minimum absolute atomic E-state index is 0.116. The summed E-state index contributed by atoms with van der Waals surface area (Å²) in [5.41, 5.74) is 4.91. The lowest BCUT2D eigenvalue weighted by atomic mass is 9.88. The first-order valence-corrected chi connectivity index (χ1v) is 17.1. The molecule has 0 aromatic heterocycles. The Balaban J connectivity index is 1.48. The van der Waals surface area contributed by atoms with Crippen molar-refractivity contribution >= 4 is 30.4 Å². The highest BCUT2D eigenvalue weighted by atomic mass is 16.6. The zero-order chi connectivity index (χ0) is 36.5. The molecule has 3 aromatic carbocycles. The fraction of sp³-hybridized carbons (Fsp3) is 0.381. The number of rotatable bonds is 13. The molecule has 8 nitrogen and oxygen atoms in total. The molecule has 1 N–H and O–H groups in total. The van der Waals surface area contributed by atoms with E-state index in [4.69, 9.17) is 14.2 Å². The highest BCUT2D eigenvalue weighted by Crippen LogP contribution is 2.44. The number of hydrogen-bond donors (Lipinski definition) is 1. The topological polar surface area (TPSA) is 108 Å². The summed E-state index contributed by atoms with van der Waals surface area (Å²) in [6.07, 6.45) is 6.72. The van der Waals surface area contributed by atoms with Crippen molar-refractivity contribution in [3.63, 3.8) is 0 Å². The van der Waals surface area contributed by atoms with E-state index in [1.54, 1.807) is 39.0 Å². The van der Waals surface area contributed by atoms with Crippen molar-refractivity contribution in [3.8, 4) is 11.1 Å². The molecule has 3 aromatic rings. The molecule has 0 spiro atoms. The molecular weight excluding hydrogens is 630 g/mol. The summed E-state index contributed by atoms with van der Waals surface area (Å²) in [6, 6.07) is 22.3. The normalized spacial score (nSPS) is 14.8. The first-order chi connectivity index (χ1) is 23.6. The molecule has 1 amide bonds. The molecule has 0 aliphatic heterocycles. The van der Waals surface area contributed by atoms with Crippen molar-refractivity contribution < 1.29 is 33.4 Å². The van der Waals surface area contributed by atoms with Crippen molar-refractivity contribution in [1.29, 1.82) is 0 Å². The molecule has 8 heteroatoms. The van der Waals surface area contributed by atoms with Crippen LogP contribution in [-0.2, 0) is 23.8 Å². The third-order valence-corrected chi connectivity index (χ3v) is 8.28. The van der Waals surface area contributed by atoms with Crippen LogP contribution in [0, 0.1) is 11.3 Å². The summed E-state index contributed by atoms with van der Waals surface area (Å²) in [7, 11) is 0. The van der Waals surface area contributed by atoms with Crippen LogP contribution in [0.2, 0.25) is 0 Å². The van der Waals surface area contributed by atoms with Gasteiger partial charge in [-0.25, -0.2) is 14.4 Å². The lowest BCUT2D eigenvalue weighted by Gasteiger charge is -2.28. The van der Waals surface area contributed by atoms with Crippen molar-refractivity contribution in [2.75, 3.05) is 6.61 Å². The van der Waals surface area contributed by atoms with E-state index in [-0.39, 0.29) is 30.3 Å². The second-order valence-corrected chi connectivity index (χ2v) is 14.9. The van der Waals surface area contributed by atoms with Crippen LogP contribution in [0.15, 0.2) is 91.0 Å². The summed E-state index contributed by atoms with van der Waals surface area (Å²) < 4.78 is 17.2. The minimum Gasteiger partial charge on any atom is -0.460 e. The number of aldehydes is 1. The number of hydrogen-bond acceptors (Lipinski definition) is 7. The van der Waals surface area contributed by atoms with Gasteiger partial charge >= 0.3 is 18.0 Å². The Bertz CT molecular complexity index is 1660. The predicted octanol–water partition coefficient (Wildman–Crippen LogP) is 8.69. The smallest absolute Gasteiger partial charge is 0.407 e. The molecule has 1 aliphatic rings. The van der Waals surface area contributed by atoms with Crippen LogP contribution in [0.1, 0.15) is 94.3 Å². The van der Waals surface area contributed by atoms with Gasteiger partial charge in [-0.3, -0.25) is 4.79 Å². The molecule has 0 saturated carbocycles. The van der Waals surface area contributed by atoms with E-state index in [9.17, 15) is 19.2 Å². The number of nitrogens with one attached hydrogen (secondary N) is 1. The number of amides is 1. The number of carbonyl (C=O) groups excluding carboxylic acids is 4. The quantitative estimate of drug-likeness (QED) is 0.0834. The van der Waals surface area contributed by atoms with Gasteiger partial charge in [0.2, 0.25) is 0 Å². The third-order valence-electron chi connectivity index (χ3n) is 8.28. The lowest BCUT2D eigenvalue weighted by molar-refractivity contribution is -0.153. The Kier molecular flexibility index (Phi) is 12.6. The molecule has 0 heterocycles. The predicted molar refractivity (Wildman–Crippen MR) is 196 cm³/mol. The van der Waals surface area contributed by atoms with Crippen molar-refractivity contribution in [1.82, 2.24) is 5.32 Å². The minimum atomic E-state index is -0.977. The van der Waals surface area contributed by atoms with Gasteiger partial charge in [0.05, 0.1) is 0 Å². The third kappa shape index (κ3) is 11.0. The van der Waals surface area contributed by atoms with E-state index < -0.39 is 35.8 Å². The first-order valence-electron chi connectivity index (χ1n) is 17.1. The monoisotopic (exact) mass is 679 g/mol. The van der Waals surface area contributed by atoms with Crippen LogP contribution in [0.5, 0.6) is 0 Å². The average Bonchev–Trinajstić information content (AvgIpc) is 3.37. The molecule has 1 aliphatic carbocycles. The highest BCUT2D eigenvalue weighted by Gasteiger charge is 2.33. The molecule has 264 valence electrons. The summed E-state index contributed by atoms with van der Waals surface area (Å²) >= 11 is 0. The maximum absolute atomic E-state index is 13.8. The van der Waals surface area contributed by atoms with Gasteiger partial charge in [-0.15, -0.1) is 0 Å². The van der Waals surface area contributed by atoms with E-state index in [0.29, 0.717) is 12.0 Å². The molecular formula is C42H49NO7. The van der Waals surface area contributed by atoms with E-state index >= 15 is 0 Å². The van der Waals surface area contributed by atoms with Crippen LogP contribution < -0.4 is 5.32 Å². The van der Waals surface area contributed by atoms with Crippen LogP contribution in [0.4, 0.5) is 4.79 Å². The number of alkyl carbamates (subject to hydrolysis) is 1. The largest absolute Gasteiger partial charge is 0.460 e. The van der Waals surface area contributed by atoms with Gasteiger partial charge in [0.15, 0.2) is 0 Å². The maximum Gasteiger partial charge on any atom is 0.407 e. The lowest BCUT2D eigenvalue weighted by Crippen LogP contribution is -2.46. The number of ether oxygens (including phenoxy) is 3. The van der Waals surface area contributed by atoms with Gasteiger partial charge in [-0.05, 0) is 60.4 Å². The molecule has 50 heavy (non-hydrogen) atoms. The Morgan fingerprint density at radius 3 is 1.98 bits per heavy atom. The molecule has 3 atom stereocenters. The summed E-state index contributed by atoms with van der Waals surface area (Å²) in [6.45, 7) is 13.3. The fourth-order valence-corrected chi connectivity index (χ4v) is 5.90. The van der Waals surface area contributed by atoms with Crippen LogP contribution in [-0.4, -0.2) is 48.7 Å². The van der Waals surface area contributed by atoms with Gasteiger partial charge in [0.25, 0.3) is 0 Å². The maximum atomic E-state index is 13.8. The van der Waals surface area contributed by atoms with Gasteiger partial charge < -0.3 is 19.5 Å². The molecule has 4 rings (SSSR count). The highest BCUT2D eigenvalue weighted by molar-refractivity contribution is 5.83. The van der Waals surface area contributed by atoms with E-state index in [1.807, 2.05) is 88.4 Å². The molecule has 0 bridgehead atoms. The zero-order valence-corrected chi connectivity index (χ0v) is 30.1. The molecule has 0 radical (unpaired) electrons. The SMILES string of the molecule is CC(/C=C/c1ccc(C=O)cc1)C(C/C=C/C(=O)OC(C)(C)C)OC(=O)C(CC(C)(C)C)NC(=O)OCC1c2ccccc2-c2ccccc21. The Labute approximate surface area is 295 Å². The first kappa shape index (κ1) is 37.8. The fourth-order valence-electron chi connectivity index (χ4n) is 5.90. The number of carbonyl (C=O) groups is 4. The van der Waals surface area contributed by atoms with Crippen molar-refractivity contribution in [2.45, 2.75) is 85.0 Å². The van der Waals surface area contributed by atoms with Crippen LogP contribution in [0.3, 0.4) is 0 Å². The molecule has 0 saturated heterocycles. The number of esters is 2. The summed E-state index contributed by atoms with van der Waals surface area (Å²) in [5, 5.41) is 2.78. The molecule has 3 unspecified atom stereocenters. The summed E-state index contributed by atoms with van der Waals surface area (Å²) in [4.78, 5) is 50.5. The summed E-state index contributed by atoms with van der Waals surface area (Å²) in [5.74, 6) is -1.49. The number of benzene rings is 3. The van der Waals surface area contributed by atoms with Crippen LogP contribution in [0.25, 0.3) is 17.2 Å². The van der Waals surface area contributed by atoms with Crippen LogP contribution >= 0.6 is 0 Å². The van der Waals surface area contributed by atoms with Gasteiger partial charge in [-0.2, -0.15) is 0 Å². The van der Waals surface area contributed by atoms with E-state index in [1.165, 1.54) is 6.08 Å². The standard InChI is InChI=1S/C42H49NO7/c1-28(19-20-29-21-23-30(26-44)24-22-29)37(17-12-18-38(45)50-42(5,6)7)49-39(46)36(25-41(2,3)4)43-40(47)48-27-35-33-15-10-8-13-31(33)32-14-9-11-16-34(32)35/h8-16,18-24,26,28,35-37H,17,25,27H2,1-7H3,(H,43,47)/b18-12+,20-19+. The van der Waals surface area contributed by atoms with Crippen molar-refractivity contribution in [3.05, 3.63) is 113 Å². The average molecular weight is 680 g/mol. The zero-order valence-electron chi connectivity index (χ0n) is 30.1. The Morgan fingerprint density at radius 2 is 1.42 bits per heavy atom.